The average Bonchev–Trinajstić information content (AvgIpc) is 3.48. The standard InChI is InChI=1S/C33H41N3O5S/c1-4-41-31-21-13-12-20-29(31)36(42(3,39)40)24-32(37)35(23-27-17-9-8-14-25(27)2)30(22-26-15-6-5-7-16-26)33(38)34-28-18-10-11-19-28/h5-9,12-17,20-21,28,30H,4,10-11,18-19,22-24H2,1-3H3,(H,34,38)/t30-/m1/s1. The van der Waals surface area contributed by atoms with Gasteiger partial charge < -0.3 is 15.0 Å². The number of carbonyl (C=O) groups excluding carboxylic acids is 2. The summed E-state index contributed by atoms with van der Waals surface area (Å²) in [4.78, 5) is 29.8. The number of aryl methyl sites for hydroxylation is 1. The first-order valence-electron chi connectivity index (χ1n) is 14.5. The maximum atomic E-state index is 14.3. The zero-order valence-corrected chi connectivity index (χ0v) is 25.5. The first-order valence-corrected chi connectivity index (χ1v) is 16.4. The van der Waals surface area contributed by atoms with E-state index >= 15 is 0 Å². The molecular weight excluding hydrogens is 550 g/mol. The van der Waals surface area contributed by atoms with E-state index < -0.39 is 28.5 Å². The fourth-order valence-electron chi connectivity index (χ4n) is 5.43. The van der Waals surface area contributed by atoms with Gasteiger partial charge in [-0.1, -0.05) is 79.6 Å². The van der Waals surface area contributed by atoms with E-state index in [0.717, 1.165) is 52.9 Å². The number of benzene rings is 3. The molecule has 1 fully saturated rings. The van der Waals surface area contributed by atoms with Crippen LogP contribution in [0.1, 0.15) is 49.3 Å². The number of hydrogen-bond donors (Lipinski definition) is 1. The van der Waals surface area contributed by atoms with E-state index in [0.29, 0.717) is 18.8 Å². The summed E-state index contributed by atoms with van der Waals surface area (Å²) in [5.74, 6) is -0.339. The molecule has 2 amide bonds. The molecule has 0 spiro atoms. The van der Waals surface area contributed by atoms with Crippen LogP contribution < -0.4 is 14.4 Å². The smallest absolute Gasteiger partial charge is 0.244 e. The molecule has 4 rings (SSSR count). The molecule has 0 radical (unpaired) electrons. The van der Waals surface area contributed by atoms with Crippen LogP contribution in [0.2, 0.25) is 0 Å². The summed E-state index contributed by atoms with van der Waals surface area (Å²) >= 11 is 0. The molecule has 42 heavy (non-hydrogen) atoms. The number of ether oxygens (including phenoxy) is 1. The highest BCUT2D eigenvalue weighted by Crippen LogP contribution is 2.30. The van der Waals surface area contributed by atoms with Gasteiger partial charge >= 0.3 is 0 Å². The molecule has 3 aromatic carbocycles. The van der Waals surface area contributed by atoms with Gasteiger partial charge in [-0.25, -0.2) is 8.42 Å². The van der Waals surface area contributed by atoms with E-state index in [2.05, 4.69) is 5.32 Å². The third-order valence-electron chi connectivity index (χ3n) is 7.69. The highest BCUT2D eigenvalue weighted by molar-refractivity contribution is 7.92. The van der Waals surface area contributed by atoms with Gasteiger partial charge in [0.05, 0.1) is 18.6 Å². The van der Waals surface area contributed by atoms with E-state index in [1.165, 1.54) is 0 Å². The van der Waals surface area contributed by atoms with Crippen molar-refractivity contribution >= 4 is 27.5 Å². The van der Waals surface area contributed by atoms with Gasteiger partial charge in [0.1, 0.15) is 18.3 Å². The summed E-state index contributed by atoms with van der Waals surface area (Å²) in [6.07, 6.45) is 5.30. The van der Waals surface area contributed by atoms with Crippen LogP contribution >= 0.6 is 0 Å². The number of amides is 2. The van der Waals surface area contributed by atoms with Gasteiger partial charge in [0, 0.05) is 19.0 Å². The number of nitrogens with zero attached hydrogens (tertiary/aromatic N) is 2. The van der Waals surface area contributed by atoms with Gasteiger partial charge in [0.2, 0.25) is 21.8 Å². The molecule has 1 N–H and O–H groups in total. The van der Waals surface area contributed by atoms with E-state index in [4.69, 9.17) is 4.74 Å². The SMILES string of the molecule is CCOc1ccccc1N(CC(=O)N(Cc1ccccc1C)[C@H](Cc1ccccc1)C(=O)NC1CCCC1)S(C)(=O)=O. The Morgan fingerprint density at radius 2 is 1.60 bits per heavy atom. The summed E-state index contributed by atoms with van der Waals surface area (Å²) in [5, 5.41) is 3.19. The maximum Gasteiger partial charge on any atom is 0.244 e. The lowest BCUT2D eigenvalue weighted by molar-refractivity contribution is -0.140. The van der Waals surface area contributed by atoms with E-state index in [1.807, 2.05) is 68.4 Å². The maximum absolute atomic E-state index is 14.3. The molecule has 8 nitrogen and oxygen atoms in total. The van der Waals surface area contributed by atoms with Gasteiger partial charge in [-0.2, -0.15) is 0 Å². The molecule has 3 aromatic rings. The quantitative estimate of drug-likeness (QED) is 0.306. The summed E-state index contributed by atoms with van der Waals surface area (Å²) < 4.78 is 33.0. The molecule has 0 aliphatic heterocycles. The Kier molecular flexibility index (Phi) is 10.6. The van der Waals surface area contributed by atoms with Crippen molar-refractivity contribution in [1.82, 2.24) is 10.2 Å². The lowest BCUT2D eigenvalue weighted by Gasteiger charge is -2.34. The Morgan fingerprint density at radius 1 is 0.952 bits per heavy atom. The van der Waals surface area contributed by atoms with Gasteiger partial charge in [0.25, 0.3) is 0 Å². The lowest BCUT2D eigenvalue weighted by Crippen LogP contribution is -2.54. The molecule has 0 heterocycles. The Balaban J connectivity index is 1.75. The second-order valence-electron chi connectivity index (χ2n) is 10.8. The third kappa shape index (κ3) is 8.12. The van der Waals surface area contributed by atoms with Crippen molar-refractivity contribution in [1.29, 1.82) is 0 Å². The summed E-state index contributed by atoms with van der Waals surface area (Å²) in [5.41, 5.74) is 3.05. The van der Waals surface area contributed by atoms with Crippen molar-refractivity contribution in [2.75, 3.05) is 23.7 Å². The Hall–Kier alpha value is -3.85. The van der Waals surface area contributed by atoms with Crippen molar-refractivity contribution in [3.05, 3.63) is 95.6 Å². The van der Waals surface area contributed by atoms with E-state index in [1.54, 1.807) is 29.2 Å². The Bertz CT molecular complexity index is 1460. The van der Waals surface area contributed by atoms with Gasteiger partial charge in [-0.15, -0.1) is 0 Å². The van der Waals surface area contributed by atoms with Crippen molar-refractivity contribution in [2.24, 2.45) is 0 Å². The predicted molar refractivity (Wildman–Crippen MR) is 166 cm³/mol. The van der Waals surface area contributed by atoms with Crippen LogP contribution in [0.4, 0.5) is 5.69 Å². The normalized spacial score (nSPS) is 14.3. The first kappa shape index (κ1) is 31.1. The van der Waals surface area contributed by atoms with Gasteiger partial charge in [0.15, 0.2) is 0 Å². The highest BCUT2D eigenvalue weighted by Gasteiger charge is 2.35. The lowest BCUT2D eigenvalue weighted by atomic mass is 10.0. The molecule has 224 valence electrons. The second kappa shape index (κ2) is 14.4. The van der Waals surface area contributed by atoms with Crippen LogP contribution in [-0.4, -0.2) is 56.6 Å². The van der Waals surface area contributed by atoms with Crippen molar-refractivity contribution in [3.8, 4) is 5.75 Å². The molecular formula is C33H41N3O5S. The van der Waals surface area contributed by atoms with Crippen LogP contribution in [0.25, 0.3) is 0 Å². The van der Waals surface area contributed by atoms with E-state index in [9.17, 15) is 18.0 Å². The third-order valence-corrected chi connectivity index (χ3v) is 8.81. The number of nitrogens with one attached hydrogen (secondary N) is 1. The molecule has 0 saturated heterocycles. The fourth-order valence-corrected chi connectivity index (χ4v) is 6.28. The largest absolute Gasteiger partial charge is 0.492 e. The fraction of sp³-hybridized carbons (Fsp3) is 0.394. The average molecular weight is 592 g/mol. The predicted octanol–water partition coefficient (Wildman–Crippen LogP) is 4.86. The number of sulfonamides is 1. The topological polar surface area (TPSA) is 96.0 Å². The molecule has 0 unspecified atom stereocenters. The molecule has 0 aromatic heterocycles. The molecule has 0 bridgehead atoms. The number of carbonyl (C=O) groups is 2. The monoisotopic (exact) mass is 591 g/mol. The molecule has 1 atom stereocenters. The first-order chi connectivity index (χ1) is 20.2. The van der Waals surface area contributed by atoms with Crippen molar-refractivity contribution < 1.29 is 22.7 Å². The highest BCUT2D eigenvalue weighted by atomic mass is 32.2. The second-order valence-corrected chi connectivity index (χ2v) is 12.7. The zero-order chi connectivity index (χ0) is 30.1. The molecule has 9 heteroatoms. The van der Waals surface area contributed by atoms with Gasteiger partial charge in [-0.3, -0.25) is 13.9 Å². The van der Waals surface area contributed by atoms with E-state index in [-0.39, 0.29) is 24.2 Å². The number of anilines is 1. The number of rotatable bonds is 13. The van der Waals surface area contributed by atoms with Crippen LogP contribution in [0, 0.1) is 6.92 Å². The summed E-state index contributed by atoms with van der Waals surface area (Å²) in [7, 11) is -3.89. The van der Waals surface area contributed by atoms with Gasteiger partial charge in [-0.05, 0) is 55.5 Å². The minimum Gasteiger partial charge on any atom is -0.492 e. The van der Waals surface area contributed by atoms with Crippen LogP contribution in [0.3, 0.4) is 0 Å². The van der Waals surface area contributed by atoms with Crippen molar-refractivity contribution in [3.63, 3.8) is 0 Å². The number of para-hydroxylation sites is 2. The van der Waals surface area contributed by atoms with Crippen LogP contribution in [0.15, 0.2) is 78.9 Å². The Morgan fingerprint density at radius 3 is 2.26 bits per heavy atom. The molecule has 1 aliphatic carbocycles. The van der Waals surface area contributed by atoms with Crippen LogP contribution in [0.5, 0.6) is 5.75 Å². The molecule has 1 aliphatic rings. The minimum atomic E-state index is -3.89. The summed E-state index contributed by atoms with van der Waals surface area (Å²) in [6.45, 7) is 3.79. The van der Waals surface area contributed by atoms with Crippen molar-refractivity contribution in [2.45, 2.75) is 64.6 Å². The summed E-state index contributed by atoms with van der Waals surface area (Å²) in [6, 6.07) is 23.3. The van der Waals surface area contributed by atoms with Crippen LogP contribution in [-0.2, 0) is 32.6 Å². The zero-order valence-electron chi connectivity index (χ0n) is 24.7. The minimum absolute atomic E-state index is 0.0665. The number of hydrogen-bond acceptors (Lipinski definition) is 5. The molecule has 1 saturated carbocycles. The Labute approximate surface area is 249 Å².